The normalized spacial score (nSPS) is 12.1. The number of aryl methyl sites for hydroxylation is 1. The summed E-state index contributed by atoms with van der Waals surface area (Å²) in [5.74, 6) is 0.851. The molecule has 0 fully saturated rings. The zero-order valence-electron chi connectivity index (χ0n) is 11.7. The van der Waals surface area contributed by atoms with Crippen molar-refractivity contribution >= 4 is 20.9 Å². The molecule has 5 nitrogen and oxygen atoms in total. The van der Waals surface area contributed by atoms with E-state index >= 15 is 0 Å². The predicted octanol–water partition coefficient (Wildman–Crippen LogP) is 2.03. The monoisotopic (exact) mass is 295 g/mol. The molecule has 6 heteroatoms. The van der Waals surface area contributed by atoms with Gasteiger partial charge in [0.25, 0.3) is 0 Å². The molecule has 0 saturated heterocycles. The van der Waals surface area contributed by atoms with Crippen LogP contribution in [0.25, 0.3) is 11.0 Å². The first-order valence-electron chi connectivity index (χ1n) is 6.90. The Morgan fingerprint density at radius 1 is 1.20 bits per heavy atom. The molecule has 0 atom stereocenters. The van der Waals surface area contributed by atoms with Crippen molar-refractivity contribution in [2.45, 2.75) is 37.0 Å². The number of imidazole rings is 1. The van der Waals surface area contributed by atoms with E-state index in [1.807, 2.05) is 6.07 Å². The minimum absolute atomic E-state index is 0.292. The van der Waals surface area contributed by atoms with Crippen molar-refractivity contribution in [2.24, 2.45) is 5.73 Å². The number of H-pyrrole nitrogens is 1. The number of benzene rings is 1. The first-order valence-corrected chi connectivity index (χ1v) is 8.79. The third-order valence-corrected chi connectivity index (χ3v) is 4.42. The van der Waals surface area contributed by atoms with Crippen LogP contribution >= 0.6 is 0 Å². The molecular weight excluding hydrogens is 274 g/mol. The van der Waals surface area contributed by atoms with Crippen LogP contribution in [-0.2, 0) is 16.3 Å². The molecule has 20 heavy (non-hydrogen) atoms. The van der Waals surface area contributed by atoms with E-state index in [0.29, 0.717) is 10.4 Å². The number of para-hydroxylation sites is 1. The van der Waals surface area contributed by atoms with Gasteiger partial charge in [0, 0.05) is 12.7 Å². The largest absolute Gasteiger partial charge is 0.342 e. The molecule has 0 aliphatic carbocycles. The number of nitrogens with zero attached hydrogens (tertiary/aromatic N) is 1. The van der Waals surface area contributed by atoms with Crippen LogP contribution in [0.1, 0.15) is 31.5 Å². The summed E-state index contributed by atoms with van der Waals surface area (Å²) in [6, 6.07) is 5.19. The number of nitrogens with one attached hydrogen (secondary N) is 1. The predicted molar refractivity (Wildman–Crippen MR) is 80.4 cm³/mol. The second kappa shape index (κ2) is 6.37. The summed E-state index contributed by atoms with van der Waals surface area (Å²) in [5.41, 5.74) is 6.79. The molecule has 1 aromatic heterocycles. The van der Waals surface area contributed by atoms with Crippen molar-refractivity contribution in [1.82, 2.24) is 9.97 Å². The molecule has 0 aliphatic heterocycles. The molecule has 0 bridgehead atoms. The number of hydrogen-bond donors (Lipinski definition) is 2. The zero-order chi connectivity index (χ0) is 14.6. The molecular formula is C14H21N3O2S. The lowest BCUT2D eigenvalue weighted by atomic mass is 10.1. The maximum atomic E-state index is 11.7. The first kappa shape index (κ1) is 15.0. The van der Waals surface area contributed by atoms with Gasteiger partial charge in [0.2, 0.25) is 0 Å². The average molecular weight is 295 g/mol. The summed E-state index contributed by atoms with van der Waals surface area (Å²) in [7, 11) is -3.24. The Kier molecular flexibility index (Phi) is 4.77. The van der Waals surface area contributed by atoms with E-state index in [1.165, 1.54) is 6.26 Å². The number of hydrogen-bond acceptors (Lipinski definition) is 4. The van der Waals surface area contributed by atoms with Gasteiger partial charge in [0.1, 0.15) is 11.3 Å². The van der Waals surface area contributed by atoms with Gasteiger partial charge in [0.15, 0.2) is 9.84 Å². The Labute approximate surface area is 119 Å². The number of sulfone groups is 1. The molecule has 0 unspecified atom stereocenters. The SMILES string of the molecule is CS(=O)(=O)c1cccc2[nH]c(CCCCCCN)nc12. The van der Waals surface area contributed by atoms with Gasteiger partial charge >= 0.3 is 0 Å². The fraction of sp³-hybridized carbons (Fsp3) is 0.500. The molecule has 2 aromatic rings. The molecule has 1 heterocycles. The summed E-state index contributed by atoms with van der Waals surface area (Å²) in [6.07, 6.45) is 6.39. The lowest BCUT2D eigenvalue weighted by Crippen LogP contribution is -1.98. The van der Waals surface area contributed by atoms with E-state index in [9.17, 15) is 8.42 Å². The van der Waals surface area contributed by atoms with E-state index in [0.717, 1.165) is 50.0 Å². The summed E-state index contributed by atoms with van der Waals surface area (Å²) in [6.45, 7) is 0.738. The van der Waals surface area contributed by atoms with Crippen LogP contribution < -0.4 is 5.73 Å². The van der Waals surface area contributed by atoms with Crippen LogP contribution in [0.3, 0.4) is 0 Å². The molecule has 1 aromatic carbocycles. The molecule has 0 aliphatic rings. The summed E-state index contributed by atoms with van der Waals surface area (Å²) >= 11 is 0. The Morgan fingerprint density at radius 2 is 1.95 bits per heavy atom. The Bertz CT molecular complexity index is 677. The van der Waals surface area contributed by atoms with Crippen LogP contribution in [0, 0.1) is 0 Å². The molecule has 3 N–H and O–H groups in total. The third kappa shape index (κ3) is 3.58. The first-order chi connectivity index (χ1) is 9.52. The lowest BCUT2D eigenvalue weighted by molar-refractivity contribution is 0.602. The summed E-state index contributed by atoms with van der Waals surface area (Å²) in [4.78, 5) is 7.93. The minimum atomic E-state index is -3.24. The van der Waals surface area contributed by atoms with Gasteiger partial charge in [-0.2, -0.15) is 0 Å². The molecule has 110 valence electrons. The van der Waals surface area contributed by atoms with Gasteiger partial charge in [0.05, 0.1) is 10.4 Å². The van der Waals surface area contributed by atoms with Crippen molar-refractivity contribution in [3.8, 4) is 0 Å². The highest BCUT2D eigenvalue weighted by atomic mass is 32.2. The number of unbranched alkanes of at least 4 members (excludes halogenated alkanes) is 3. The van der Waals surface area contributed by atoms with Gasteiger partial charge in [-0.25, -0.2) is 13.4 Å². The van der Waals surface area contributed by atoms with Gasteiger partial charge in [-0.1, -0.05) is 18.9 Å². The van der Waals surface area contributed by atoms with Gasteiger partial charge in [-0.05, 0) is 31.5 Å². The van der Waals surface area contributed by atoms with Crippen LogP contribution in [0.4, 0.5) is 0 Å². The Hall–Kier alpha value is -1.40. The van der Waals surface area contributed by atoms with E-state index in [1.54, 1.807) is 12.1 Å². The van der Waals surface area contributed by atoms with Crippen LogP contribution in [-0.4, -0.2) is 31.2 Å². The molecule has 0 spiro atoms. The quantitative estimate of drug-likeness (QED) is 0.765. The van der Waals surface area contributed by atoms with Crippen molar-refractivity contribution in [3.05, 3.63) is 24.0 Å². The molecule has 2 rings (SSSR count). The zero-order valence-corrected chi connectivity index (χ0v) is 12.5. The summed E-state index contributed by atoms with van der Waals surface area (Å²) < 4.78 is 23.4. The van der Waals surface area contributed by atoms with Crippen LogP contribution in [0.15, 0.2) is 23.1 Å². The van der Waals surface area contributed by atoms with Crippen LogP contribution in [0.5, 0.6) is 0 Å². The number of nitrogens with two attached hydrogens (primary N) is 1. The van der Waals surface area contributed by atoms with Crippen molar-refractivity contribution < 1.29 is 8.42 Å². The van der Waals surface area contributed by atoms with E-state index in [-0.39, 0.29) is 0 Å². The second-order valence-corrected chi connectivity index (χ2v) is 7.05. The van der Waals surface area contributed by atoms with Gasteiger partial charge in [-0.15, -0.1) is 0 Å². The second-order valence-electron chi connectivity index (χ2n) is 5.06. The van der Waals surface area contributed by atoms with Gasteiger partial charge in [-0.3, -0.25) is 0 Å². The number of fused-ring (bicyclic) bond motifs is 1. The highest BCUT2D eigenvalue weighted by Gasteiger charge is 2.14. The average Bonchev–Trinajstić information content (AvgIpc) is 2.79. The minimum Gasteiger partial charge on any atom is -0.342 e. The van der Waals surface area contributed by atoms with Crippen LogP contribution in [0.2, 0.25) is 0 Å². The Morgan fingerprint density at radius 3 is 2.65 bits per heavy atom. The molecule has 0 radical (unpaired) electrons. The lowest BCUT2D eigenvalue weighted by Gasteiger charge is -1.98. The van der Waals surface area contributed by atoms with Gasteiger partial charge < -0.3 is 10.7 Å². The van der Waals surface area contributed by atoms with Crippen molar-refractivity contribution in [1.29, 1.82) is 0 Å². The maximum absolute atomic E-state index is 11.7. The summed E-state index contributed by atoms with van der Waals surface area (Å²) in [5, 5.41) is 0. The van der Waals surface area contributed by atoms with Crippen molar-refractivity contribution in [3.63, 3.8) is 0 Å². The number of aromatic amines is 1. The fourth-order valence-corrected chi connectivity index (χ4v) is 3.10. The number of aromatic nitrogens is 2. The smallest absolute Gasteiger partial charge is 0.177 e. The molecule has 0 saturated carbocycles. The number of rotatable bonds is 7. The third-order valence-electron chi connectivity index (χ3n) is 3.29. The van der Waals surface area contributed by atoms with E-state index in [2.05, 4.69) is 9.97 Å². The highest BCUT2D eigenvalue weighted by molar-refractivity contribution is 7.91. The highest BCUT2D eigenvalue weighted by Crippen LogP contribution is 2.21. The van der Waals surface area contributed by atoms with Crippen molar-refractivity contribution in [2.75, 3.05) is 12.8 Å². The standard InChI is InChI=1S/C14H21N3O2S/c1-20(18,19)12-8-6-7-11-14(12)17-13(16-11)9-4-2-3-5-10-15/h6-8H,2-5,9-10,15H2,1H3,(H,16,17). The Balaban J connectivity index is 2.13. The topological polar surface area (TPSA) is 88.8 Å². The van der Waals surface area contributed by atoms with E-state index < -0.39 is 9.84 Å². The fourth-order valence-electron chi connectivity index (χ4n) is 2.26. The van der Waals surface area contributed by atoms with E-state index in [4.69, 9.17) is 5.73 Å². The maximum Gasteiger partial charge on any atom is 0.177 e. The molecule has 0 amide bonds.